The SMILES string of the molecule is CCOCCN(C)CCC(CO)NC. The molecule has 0 aromatic rings. The van der Waals surface area contributed by atoms with Gasteiger partial charge in [-0.05, 0) is 34.0 Å². The summed E-state index contributed by atoms with van der Waals surface area (Å²) in [6.07, 6.45) is 0.968. The fourth-order valence-electron chi connectivity index (χ4n) is 1.18. The number of aliphatic hydroxyl groups is 1. The summed E-state index contributed by atoms with van der Waals surface area (Å²) >= 11 is 0. The van der Waals surface area contributed by atoms with Gasteiger partial charge < -0.3 is 20.1 Å². The van der Waals surface area contributed by atoms with E-state index in [1.54, 1.807) is 0 Å². The van der Waals surface area contributed by atoms with Crippen LogP contribution in [0.25, 0.3) is 0 Å². The lowest BCUT2D eigenvalue weighted by Gasteiger charge is -2.19. The molecule has 14 heavy (non-hydrogen) atoms. The van der Waals surface area contributed by atoms with Gasteiger partial charge in [0.2, 0.25) is 0 Å². The predicted octanol–water partition coefficient (Wildman–Crippen LogP) is -0.0749. The molecular weight excluding hydrogens is 180 g/mol. The third-order valence-corrected chi connectivity index (χ3v) is 2.31. The molecule has 0 spiro atoms. The molecule has 0 radical (unpaired) electrons. The summed E-state index contributed by atoms with van der Waals surface area (Å²) in [6, 6.07) is 0.213. The van der Waals surface area contributed by atoms with E-state index < -0.39 is 0 Å². The number of aliphatic hydroxyl groups excluding tert-OH is 1. The number of likely N-dealkylation sites (N-methyl/N-ethyl adjacent to an activating group) is 2. The second-order valence-electron chi connectivity index (χ2n) is 3.46. The minimum absolute atomic E-state index is 0.204. The third-order valence-electron chi connectivity index (χ3n) is 2.31. The van der Waals surface area contributed by atoms with Crippen molar-refractivity contribution in [3.8, 4) is 0 Å². The molecule has 0 aliphatic rings. The minimum Gasteiger partial charge on any atom is -0.395 e. The zero-order chi connectivity index (χ0) is 10.8. The molecule has 4 heteroatoms. The summed E-state index contributed by atoms with van der Waals surface area (Å²) in [4.78, 5) is 2.22. The van der Waals surface area contributed by atoms with Crippen LogP contribution in [0.3, 0.4) is 0 Å². The quantitative estimate of drug-likeness (QED) is 0.516. The Morgan fingerprint density at radius 1 is 1.43 bits per heavy atom. The van der Waals surface area contributed by atoms with Gasteiger partial charge >= 0.3 is 0 Å². The summed E-state index contributed by atoms with van der Waals surface area (Å²) in [6.45, 7) is 5.72. The maximum atomic E-state index is 8.95. The predicted molar refractivity (Wildman–Crippen MR) is 58.5 cm³/mol. The maximum Gasteiger partial charge on any atom is 0.0593 e. The van der Waals surface area contributed by atoms with E-state index in [-0.39, 0.29) is 12.6 Å². The van der Waals surface area contributed by atoms with Crippen LogP contribution in [-0.4, -0.2) is 63.1 Å². The van der Waals surface area contributed by atoms with E-state index in [0.29, 0.717) is 0 Å². The van der Waals surface area contributed by atoms with Gasteiger partial charge in [-0.15, -0.1) is 0 Å². The van der Waals surface area contributed by atoms with Gasteiger partial charge in [0.05, 0.1) is 13.2 Å². The summed E-state index contributed by atoms with van der Waals surface area (Å²) in [5.74, 6) is 0. The maximum absolute atomic E-state index is 8.95. The Morgan fingerprint density at radius 3 is 2.64 bits per heavy atom. The molecule has 0 saturated heterocycles. The molecule has 1 unspecified atom stereocenters. The Hall–Kier alpha value is -0.160. The number of nitrogens with one attached hydrogen (secondary N) is 1. The highest BCUT2D eigenvalue weighted by atomic mass is 16.5. The second kappa shape index (κ2) is 9.40. The fourth-order valence-corrected chi connectivity index (χ4v) is 1.18. The van der Waals surface area contributed by atoms with E-state index in [1.165, 1.54) is 0 Å². The number of rotatable bonds is 9. The Kier molecular flexibility index (Phi) is 9.29. The molecule has 0 bridgehead atoms. The van der Waals surface area contributed by atoms with Crippen LogP contribution in [0, 0.1) is 0 Å². The summed E-state index contributed by atoms with van der Waals surface area (Å²) in [7, 11) is 3.95. The lowest BCUT2D eigenvalue weighted by atomic mass is 10.2. The van der Waals surface area contributed by atoms with Crippen LogP contribution in [0.4, 0.5) is 0 Å². The first kappa shape index (κ1) is 13.8. The van der Waals surface area contributed by atoms with Gasteiger partial charge in [-0.1, -0.05) is 0 Å². The van der Waals surface area contributed by atoms with Gasteiger partial charge in [0, 0.05) is 19.2 Å². The first-order valence-corrected chi connectivity index (χ1v) is 5.29. The topological polar surface area (TPSA) is 44.7 Å². The fraction of sp³-hybridized carbons (Fsp3) is 1.00. The van der Waals surface area contributed by atoms with E-state index in [9.17, 15) is 0 Å². The highest BCUT2D eigenvalue weighted by Crippen LogP contribution is 1.93. The Labute approximate surface area is 87.2 Å². The number of nitrogens with zero attached hydrogens (tertiary/aromatic N) is 1. The molecule has 4 nitrogen and oxygen atoms in total. The monoisotopic (exact) mass is 204 g/mol. The molecule has 2 N–H and O–H groups in total. The van der Waals surface area contributed by atoms with Crippen molar-refractivity contribution in [2.45, 2.75) is 19.4 Å². The van der Waals surface area contributed by atoms with Gasteiger partial charge in [0.25, 0.3) is 0 Å². The average molecular weight is 204 g/mol. The average Bonchev–Trinajstić information content (AvgIpc) is 2.20. The highest BCUT2D eigenvalue weighted by molar-refractivity contribution is 4.64. The van der Waals surface area contributed by atoms with Gasteiger partial charge in [-0.2, -0.15) is 0 Å². The standard InChI is InChI=1S/C10H24N2O2/c1-4-14-8-7-12(3)6-5-10(9-13)11-2/h10-11,13H,4-9H2,1-3H3. The van der Waals surface area contributed by atoms with Crippen molar-refractivity contribution in [1.82, 2.24) is 10.2 Å². The Morgan fingerprint density at radius 2 is 2.14 bits per heavy atom. The first-order valence-electron chi connectivity index (χ1n) is 5.29. The molecule has 0 rings (SSSR count). The van der Waals surface area contributed by atoms with Gasteiger partial charge in [0.15, 0.2) is 0 Å². The molecule has 0 heterocycles. The van der Waals surface area contributed by atoms with Crippen molar-refractivity contribution < 1.29 is 9.84 Å². The zero-order valence-electron chi connectivity index (χ0n) is 9.62. The van der Waals surface area contributed by atoms with Gasteiger partial charge in [-0.3, -0.25) is 0 Å². The third kappa shape index (κ3) is 7.26. The van der Waals surface area contributed by atoms with Crippen molar-refractivity contribution in [1.29, 1.82) is 0 Å². The minimum atomic E-state index is 0.204. The van der Waals surface area contributed by atoms with Crippen molar-refractivity contribution in [3.05, 3.63) is 0 Å². The number of hydrogen-bond donors (Lipinski definition) is 2. The normalized spacial score (nSPS) is 13.5. The molecule has 1 atom stereocenters. The highest BCUT2D eigenvalue weighted by Gasteiger charge is 2.05. The summed E-state index contributed by atoms with van der Waals surface area (Å²) < 4.78 is 5.26. The van der Waals surface area contributed by atoms with Crippen LogP contribution in [-0.2, 0) is 4.74 Å². The Balaban J connectivity index is 3.37. The largest absolute Gasteiger partial charge is 0.395 e. The molecule has 86 valence electrons. The second-order valence-corrected chi connectivity index (χ2v) is 3.46. The number of ether oxygens (including phenoxy) is 1. The van der Waals surface area contributed by atoms with E-state index in [0.717, 1.165) is 32.7 Å². The van der Waals surface area contributed by atoms with Crippen LogP contribution in [0.5, 0.6) is 0 Å². The number of hydrogen-bond acceptors (Lipinski definition) is 4. The van der Waals surface area contributed by atoms with Crippen molar-refractivity contribution in [3.63, 3.8) is 0 Å². The molecule has 0 fully saturated rings. The lowest BCUT2D eigenvalue weighted by molar-refractivity contribution is 0.119. The van der Waals surface area contributed by atoms with Crippen LogP contribution < -0.4 is 5.32 Å². The lowest BCUT2D eigenvalue weighted by Crippen LogP contribution is -2.34. The van der Waals surface area contributed by atoms with Gasteiger partial charge in [-0.25, -0.2) is 0 Å². The summed E-state index contributed by atoms with van der Waals surface area (Å²) in [5.41, 5.74) is 0. The van der Waals surface area contributed by atoms with E-state index >= 15 is 0 Å². The molecular formula is C10H24N2O2. The van der Waals surface area contributed by atoms with E-state index in [4.69, 9.17) is 9.84 Å². The Bertz CT molecular complexity index is 119. The van der Waals surface area contributed by atoms with Crippen LogP contribution in [0.15, 0.2) is 0 Å². The molecule has 0 saturated carbocycles. The van der Waals surface area contributed by atoms with Crippen LogP contribution >= 0.6 is 0 Å². The molecule has 0 amide bonds. The first-order chi connectivity index (χ1) is 6.74. The van der Waals surface area contributed by atoms with Crippen molar-refractivity contribution in [2.75, 3.05) is 47.0 Å². The summed E-state index contributed by atoms with van der Waals surface area (Å²) in [5, 5.41) is 12.0. The van der Waals surface area contributed by atoms with Crippen LogP contribution in [0.1, 0.15) is 13.3 Å². The molecule has 0 aromatic heterocycles. The smallest absolute Gasteiger partial charge is 0.0593 e. The van der Waals surface area contributed by atoms with E-state index in [2.05, 4.69) is 17.3 Å². The van der Waals surface area contributed by atoms with Crippen molar-refractivity contribution in [2.24, 2.45) is 0 Å². The van der Waals surface area contributed by atoms with E-state index in [1.807, 2.05) is 14.0 Å². The zero-order valence-corrected chi connectivity index (χ0v) is 9.62. The van der Waals surface area contributed by atoms with Gasteiger partial charge in [0.1, 0.15) is 0 Å². The van der Waals surface area contributed by atoms with Crippen molar-refractivity contribution >= 4 is 0 Å². The molecule has 0 aliphatic carbocycles. The molecule has 0 aliphatic heterocycles. The molecule has 0 aromatic carbocycles. The van der Waals surface area contributed by atoms with Crippen LogP contribution in [0.2, 0.25) is 0 Å².